The van der Waals surface area contributed by atoms with Crippen LogP contribution in [0.3, 0.4) is 0 Å². The van der Waals surface area contributed by atoms with Crippen molar-refractivity contribution < 1.29 is 17.7 Å². The second-order valence-corrected chi connectivity index (χ2v) is 3.76. The highest BCUT2D eigenvalue weighted by molar-refractivity contribution is 5.59. The lowest BCUT2D eigenvalue weighted by molar-refractivity contribution is -0.670. The quantitative estimate of drug-likeness (QED) is 0.601. The molecule has 0 aliphatic rings. The van der Waals surface area contributed by atoms with Crippen molar-refractivity contribution in [2.45, 2.75) is 6.18 Å². The van der Waals surface area contributed by atoms with Crippen LogP contribution < -0.4 is 10.3 Å². The Labute approximate surface area is 95.9 Å². The fourth-order valence-corrected chi connectivity index (χ4v) is 1.54. The van der Waals surface area contributed by atoms with E-state index in [0.717, 1.165) is 12.1 Å². The lowest BCUT2D eigenvalue weighted by Crippen LogP contribution is -2.23. The van der Waals surface area contributed by atoms with Gasteiger partial charge in [0.1, 0.15) is 12.4 Å². The molecule has 2 aromatic rings. The number of aromatic nitrogens is 2. The molecule has 0 unspecified atom stereocenters. The van der Waals surface area contributed by atoms with E-state index in [1.54, 1.807) is 34.9 Å². The highest BCUT2D eigenvalue weighted by atomic mass is 19.4. The van der Waals surface area contributed by atoms with Crippen LogP contribution in [0.15, 0.2) is 36.9 Å². The third-order valence-corrected chi connectivity index (χ3v) is 2.40. The second-order valence-electron chi connectivity index (χ2n) is 3.76. The van der Waals surface area contributed by atoms with Gasteiger partial charge in [-0.15, -0.1) is 0 Å². The van der Waals surface area contributed by atoms with E-state index in [1.165, 1.54) is 6.07 Å². The van der Waals surface area contributed by atoms with Gasteiger partial charge in [0.15, 0.2) is 5.69 Å². The molecule has 0 atom stereocenters. The van der Waals surface area contributed by atoms with Crippen LogP contribution in [0.4, 0.5) is 18.9 Å². The summed E-state index contributed by atoms with van der Waals surface area (Å²) in [5.41, 5.74) is 5.59. The van der Waals surface area contributed by atoms with Crippen LogP contribution in [-0.2, 0) is 13.2 Å². The van der Waals surface area contributed by atoms with Crippen molar-refractivity contribution >= 4 is 5.69 Å². The number of anilines is 1. The van der Waals surface area contributed by atoms with Crippen LogP contribution in [0.5, 0.6) is 0 Å². The number of benzene rings is 1. The van der Waals surface area contributed by atoms with Crippen LogP contribution in [0.1, 0.15) is 5.56 Å². The summed E-state index contributed by atoms with van der Waals surface area (Å²) < 4.78 is 41.0. The number of nitrogens with two attached hydrogens (primary N) is 1. The van der Waals surface area contributed by atoms with Gasteiger partial charge in [0.05, 0.1) is 18.3 Å². The van der Waals surface area contributed by atoms with E-state index < -0.39 is 11.7 Å². The topological polar surface area (TPSA) is 34.8 Å². The number of rotatable bonds is 1. The third-order valence-electron chi connectivity index (χ3n) is 2.40. The molecule has 0 fully saturated rings. The summed E-state index contributed by atoms with van der Waals surface area (Å²) in [6.07, 6.45) is 0.648. The largest absolute Gasteiger partial charge is 0.416 e. The summed E-state index contributed by atoms with van der Waals surface area (Å²) >= 11 is 0. The maximum atomic E-state index is 12.6. The Morgan fingerprint density at radius 2 is 2.00 bits per heavy atom. The average molecular weight is 242 g/mol. The Balaban J connectivity index is 2.54. The first-order valence-corrected chi connectivity index (χ1v) is 4.88. The monoisotopic (exact) mass is 242 g/mol. The van der Waals surface area contributed by atoms with E-state index in [4.69, 9.17) is 5.73 Å². The molecule has 1 aromatic carbocycles. The molecular formula is C11H11F3N3+. The maximum Gasteiger partial charge on any atom is 0.416 e. The lowest BCUT2D eigenvalue weighted by atomic mass is 10.1. The Morgan fingerprint density at radius 3 is 2.53 bits per heavy atom. The number of imidazole rings is 1. The normalized spacial score (nSPS) is 11.8. The molecule has 2 rings (SSSR count). The molecule has 6 heteroatoms. The lowest BCUT2D eigenvalue weighted by Gasteiger charge is -2.08. The highest BCUT2D eigenvalue weighted by Crippen LogP contribution is 2.32. The number of hydrogen-bond donors (Lipinski definition) is 1. The number of alkyl halides is 3. The fraction of sp³-hybridized carbons (Fsp3) is 0.182. The van der Waals surface area contributed by atoms with Crippen molar-refractivity contribution in [2.75, 3.05) is 5.73 Å². The van der Waals surface area contributed by atoms with E-state index in [2.05, 4.69) is 0 Å². The summed E-state index contributed by atoms with van der Waals surface area (Å²) in [5, 5.41) is 0. The number of nitrogen functional groups attached to an aromatic ring is 1. The van der Waals surface area contributed by atoms with Gasteiger partial charge in [-0.25, -0.2) is 9.13 Å². The SMILES string of the molecule is C[n+]1ccn(-c2cc(C(F)(F)F)ccc2N)c1. The summed E-state index contributed by atoms with van der Waals surface area (Å²) in [5.74, 6) is 0. The molecule has 0 saturated heterocycles. The Bertz CT molecular complexity index is 543. The zero-order chi connectivity index (χ0) is 12.6. The summed E-state index contributed by atoms with van der Waals surface area (Å²) in [4.78, 5) is 0. The van der Waals surface area contributed by atoms with Crippen molar-refractivity contribution in [3.8, 4) is 5.69 Å². The molecule has 2 N–H and O–H groups in total. The zero-order valence-corrected chi connectivity index (χ0v) is 9.07. The molecule has 3 nitrogen and oxygen atoms in total. The molecule has 0 saturated carbocycles. The van der Waals surface area contributed by atoms with Crippen LogP contribution >= 0.6 is 0 Å². The smallest absolute Gasteiger partial charge is 0.395 e. The number of nitrogens with zero attached hydrogens (tertiary/aromatic N) is 2. The highest BCUT2D eigenvalue weighted by Gasteiger charge is 2.31. The van der Waals surface area contributed by atoms with Crippen LogP contribution in [0.25, 0.3) is 5.69 Å². The van der Waals surface area contributed by atoms with Gasteiger partial charge in [0.2, 0.25) is 6.33 Å². The maximum absolute atomic E-state index is 12.6. The van der Waals surface area contributed by atoms with E-state index >= 15 is 0 Å². The van der Waals surface area contributed by atoms with E-state index in [1.807, 2.05) is 0 Å². The third kappa shape index (κ3) is 2.25. The summed E-state index contributed by atoms with van der Waals surface area (Å²) in [6, 6.07) is 3.27. The van der Waals surface area contributed by atoms with Gasteiger partial charge >= 0.3 is 6.18 Å². The first-order chi connectivity index (χ1) is 7.88. The first kappa shape index (κ1) is 11.5. The predicted octanol–water partition coefficient (Wildman–Crippen LogP) is 1.90. The zero-order valence-electron chi connectivity index (χ0n) is 9.07. The van der Waals surface area contributed by atoms with E-state index in [-0.39, 0.29) is 0 Å². The Hall–Kier alpha value is -1.98. The molecular weight excluding hydrogens is 231 g/mol. The Kier molecular flexibility index (Phi) is 2.57. The Morgan fingerprint density at radius 1 is 1.29 bits per heavy atom. The minimum absolute atomic E-state index is 0.300. The second kappa shape index (κ2) is 3.80. The molecule has 0 amide bonds. The molecule has 0 spiro atoms. The van der Waals surface area contributed by atoms with Gasteiger partial charge in [0, 0.05) is 0 Å². The number of aryl methyl sites for hydroxylation is 1. The van der Waals surface area contributed by atoms with Gasteiger partial charge in [-0.1, -0.05) is 0 Å². The molecule has 0 radical (unpaired) electrons. The van der Waals surface area contributed by atoms with Gasteiger partial charge < -0.3 is 5.73 Å². The first-order valence-electron chi connectivity index (χ1n) is 4.88. The van der Waals surface area contributed by atoms with Gasteiger partial charge in [-0.2, -0.15) is 13.2 Å². The molecule has 0 aliphatic carbocycles. The predicted molar refractivity (Wildman–Crippen MR) is 56.4 cm³/mol. The van der Waals surface area contributed by atoms with Crippen molar-refractivity contribution in [3.63, 3.8) is 0 Å². The molecule has 90 valence electrons. The van der Waals surface area contributed by atoms with Crippen LogP contribution in [0, 0.1) is 0 Å². The van der Waals surface area contributed by atoms with E-state index in [9.17, 15) is 13.2 Å². The summed E-state index contributed by atoms with van der Waals surface area (Å²) in [6.45, 7) is 0. The molecule has 0 aliphatic heterocycles. The van der Waals surface area contributed by atoms with Gasteiger partial charge in [-0.3, -0.25) is 0 Å². The van der Waals surface area contributed by atoms with E-state index in [0.29, 0.717) is 11.4 Å². The van der Waals surface area contributed by atoms with Gasteiger partial charge in [-0.05, 0) is 18.2 Å². The van der Waals surface area contributed by atoms with Crippen molar-refractivity contribution in [1.82, 2.24) is 4.57 Å². The molecule has 17 heavy (non-hydrogen) atoms. The summed E-state index contributed by atoms with van der Waals surface area (Å²) in [7, 11) is 1.78. The fourth-order valence-electron chi connectivity index (χ4n) is 1.54. The standard InChI is InChI=1S/C11H11F3N3/c1-16-4-5-17(7-16)10-6-8(11(12,13)14)2-3-9(10)15/h2-7H,15H2,1H3/q+1. The molecule has 1 aromatic heterocycles. The van der Waals surface area contributed by atoms with Crippen LogP contribution in [-0.4, -0.2) is 4.57 Å². The van der Waals surface area contributed by atoms with Gasteiger partial charge in [0.25, 0.3) is 0 Å². The molecule has 1 heterocycles. The number of hydrogen-bond acceptors (Lipinski definition) is 1. The average Bonchev–Trinajstić information content (AvgIpc) is 2.63. The van der Waals surface area contributed by atoms with Crippen molar-refractivity contribution in [3.05, 3.63) is 42.5 Å². The van der Waals surface area contributed by atoms with Crippen molar-refractivity contribution in [2.24, 2.45) is 7.05 Å². The minimum atomic E-state index is -4.36. The van der Waals surface area contributed by atoms with Crippen molar-refractivity contribution in [1.29, 1.82) is 0 Å². The number of halogens is 3. The molecule has 0 bridgehead atoms. The minimum Gasteiger partial charge on any atom is -0.395 e. The van der Waals surface area contributed by atoms with Crippen LogP contribution in [0.2, 0.25) is 0 Å².